The zero-order chi connectivity index (χ0) is 20.6. The Kier molecular flexibility index (Phi) is 4.85. The van der Waals surface area contributed by atoms with E-state index in [9.17, 15) is 4.79 Å². The van der Waals surface area contributed by atoms with E-state index >= 15 is 0 Å². The number of hydrogen-bond donors (Lipinski definition) is 0. The lowest BCUT2D eigenvalue weighted by Crippen LogP contribution is -2.46. The number of rotatable bonds is 5. The summed E-state index contributed by atoms with van der Waals surface area (Å²) >= 11 is 0. The van der Waals surface area contributed by atoms with Gasteiger partial charge < -0.3 is 9.42 Å². The molecule has 1 amide bonds. The van der Waals surface area contributed by atoms with Crippen LogP contribution in [0.15, 0.2) is 53.3 Å². The molecule has 0 N–H and O–H groups in total. The van der Waals surface area contributed by atoms with Gasteiger partial charge in [0.25, 0.3) is 11.8 Å². The van der Waals surface area contributed by atoms with Gasteiger partial charge in [-0.1, -0.05) is 35.7 Å². The highest BCUT2D eigenvalue weighted by molar-refractivity contribution is 5.94. The molecule has 0 spiro atoms. The molecule has 1 aliphatic carbocycles. The lowest BCUT2D eigenvalue weighted by atomic mass is 9.73. The molecule has 0 unspecified atom stereocenters. The van der Waals surface area contributed by atoms with Crippen molar-refractivity contribution in [2.45, 2.75) is 44.4 Å². The van der Waals surface area contributed by atoms with Gasteiger partial charge in [-0.05, 0) is 56.4 Å². The van der Waals surface area contributed by atoms with Gasteiger partial charge in [-0.3, -0.25) is 9.78 Å². The van der Waals surface area contributed by atoms with Crippen LogP contribution in [0.4, 0.5) is 0 Å². The van der Waals surface area contributed by atoms with Crippen LogP contribution in [0.5, 0.6) is 0 Å². The molecule has 1 saturated heterocycles. The van der Waals surface area contributed by atoms with Crippen molar-refractivity contribution in [3.05, 3.63) is 65.7 Å². The molecule has 1 aromatic carbocycles. The van der Waals surface area contributed by atoms with E-state index in [2.05, 4.69) is 10.1 Å². The highest BCUT2D eigenvalue weighted by atomic mass is 16.5. The molecule has 0 atom stereocenters. The van der Waals surface area contributed by atoms with Crippen molar-refractivity contribution >= 4 is 5.91 Å². The fourth-order valence-electron chi connectivity index (χ4n) is 4.54. The molecule has 5 rings (SSSR count). The number of aromatic nitrogens is 3. The first-order valence-electron chi connectivity index (χ1n) is 10.7. The number of amides is 1. The van der Waals surface area contributed by atoms with Gasteiger partial charge in [0.15, 0.2) is 5.82 Å². The minimum absolute atomic E-state index is 0.114. The molecule has 1 saturated carbocycles. The van der Waals surface area contributed by atoms with Gasteiger partial charge in [0, 0.05) is 36.5 Å². The van der Waals surface area contributed by atoms with Crippen LogP contribution in [-0.4, -0.2) is 39.0 Å². The van der Waals surface area contributed by atoms with Gasteiger partial charge in [0.05, 0.1) is 5.56 Å². The summed E-state index contributed by atoms with van der Waals surface area (Å²) in [4.78, 5) is 23.9. The molecule has 3 aromatic rings. The maximum Gasteiger partial charge on any atom is 0.259 e. The zero-order valence-electron chi connectivity index (χ0n) is 17.3. The number of hydrogen-bond acceptors (Lipinski definition) is 5. The number of carbonyl (C=O) groups is 1. The van der Waals surface area contributed by atoms with E-state index in [0.717, 1.165) is 60.8 Å². The third kappa shape index (κ3) is 3.74. The Morgan fingerprint density at radius 2 is 2.03 bits per heavy atom. The molecule has 2 aliphatic rings. The fraction of sp³-hybridized carbons (Fsp3) is 0.417. The lowest BCUT2D eigenvalue weighted by molar-refractivity contribution is 0.0645. The van der Waals surface area contributed by atoms with Crippen LogP contribution in [-0.2, 0) is 5.41 Å². The quantitative estimate of drug-likeness (QED) is 0.632. The van der Waals surface area contributed by atoms with Gasteiger partial charge in [0.1, 0.15) is 0 Å². The number of nitrogens with zero attached hydrogens (tertiary/aromatic N) is 4. The molecule has 1 aliphatic heterocycles. The van der Waals surface area contributed by atoms with Crippen LogP contribution in [0.3, 0.4) is 0 Å². The number of likely N-dealkylation sites (tertiary alicyclic amines) is 1. The number of benzene rings is 1. The molecule has 0 radical (unpaired) electrons. The second-order valence-corrected chi connectivity index (χ2v) is 8.75. The molecular weight excluding hydrogens is 376 g/mol. The number of pyridine rings is 1. The van der Waals surface area contributed by atoms with Crippen molar-refractivity contribution in [3.63, 3.8) is 0 Å². The molecule has 154 valence electrons. The van der Waals surface area contributed by atoms with Crippen molar-refractivity contribution in [3.8, 4) is 11.5 Å². The largest absolute Gasteiger partial charge is 0.339 e. The van der Waals surface area contributed by atoms with E-state index in [1.807, 2.05) is 48.2 Å². The summed E-state index contributed by atoms with van der Waals surface area (Å²) in [5.41, 5.74) is 2.60. The molecule has 3 heterocycles. The SMILES string of the molecule is Cc1cccc(C(=O)N2CCC(CC3CC3)(c3noc(-c4cccnc4)n3)CC2)c1. The first-order valence-corrected chi connectivity index (χ1v) is 10.7. The van der Waals surface area contributed by atoms with Crippen LogP contribution < -0.4 is 0 Å². The van der Waals surface area contributed by atoms with E-state index in [1.54, 1.807) is 12.4 Å². The zero-order valence-corrected chi connectivity index (χ0v) is 17.3. The first-order chi connectivity index (χ1) is 14.6. The third-order valence-electron chi connectivity index (χ3n) is 6.46. The summed E-state index contributed by atoms with van der Waals surface area (Å²) in [6.07, 6.45) is 8.85. The minimum atomic E-state index is -0.117. The van der Waals surface area contributed by atoms with Crippen molar-refractivity contribution in [2.75, 3.05) is 13.1 Å². The van der Waals surface area contributed by atoms with Crippen LogP contribution in [0.2, 0.25) is 0 Å². The van der Waals surface area contributed by atoms with Crippen molar-refractivity contribution < 1.29 is 9.32 Å². The molecule has 2 aromatic heterocycles. The van der Waals surface area contributed by atoms with E-state index in [0.29, 0.717) is 5.89 Å². The van der Waals surface area contributed by atoms with Crippen LogP contribution >= 0.6 is 0 Å². The van der Waals surface area contributed by atoms with Gasteiger partial charge in [-0.15, -0.1) is 0 Å². The molecule has 30 heavy (non-hydrogen) atoms. The fourth-order valence-corrected chi connectivity index (χ4v) is 4.54. The first kappa shape index (κ1) is 19.0. The highest BCUT2D eigenvalue weighted by Crippen LogP contribution is 2.47. The summed E-state index contributed by atoms with van der Waals surface area (Å²) in [7, 11) is 0. The topological polar surface area (TPSA) is 72.1 Å². The van der Waals surface area contributed by atoms with Gasteiger partial charge in [0.2, 0.25) is 0 Å². The summed E-state index contributed by atoms with van der Waals surface area (Å²) in [6.45, 7) is 3.45. The summed E-state index contributed by atoms with van der Waals surface area (Å²) in [6, 6.07) is 11.6. The van der Waals surface area contributed by atoms with E-state index in [-0.39, 0.29) is 11.3 Å². The number of piperidine rings is 1. The Labute approximate surface area is 176 Å². The Bertz CT molecular complexity index is 1030. The summed E-state index contributed by atoms with van der Waals surface area (Å²) < 4.78 is 5.61. The second-order valence-electron chi connectivity index (χ2n) is 8.75. The van der Waals surface area contributed by atoms with Crippen LogP contribution in [0.1, 0.15) is 53.8 Å². The lowest BCUT2D eigenvalue weighted by Gasteiger charge is -2.40. The predicted octanol–water partition coefficient (Wildman–Crippen LogP) is 4.41. The standard InChI is InChI=1S/C24H26N4O2/c1-17-4-2-5-19(14-17)22(29)28-12-9-24(10-13-28,15-18-7-8-18)23-26-21(30-27-23)20-6-3-11-25-16-20/h2-6,11,14,16,18H,7-10,12-13,15H2,1H3. The molecular formula is C24H26N4O2. The highest BCUT2D eigenvalue weighted by Gasteiger charge is 2.44. The normalized spacial score (nSPS) is 18.4. The third-order valence-corrected chi connectivity index (χ3v) is 6.46. The number of aryl methyl sites for hydroxylation is 1. The molecule has 6 heteroatoms. The maximum absolute atomic E-state index is 13.0. The maximum atomic E-state index is 13.0. The Morgan fingerprint density at radius 1 is 1.20 bits per heavy atom. The van der Waals surface area contributed by atoms with Crippen molar-refractivity contribution in [1.82, 2.24) is 20.0 Å². The van der Waals surface area contributed by atoms with Crippen LogP contribution in [0.25, 0.3) is 11.5 Å². The number of carbonyl (C=O) groups excluding carboxylic acids is 1. The summed E-state index contributed by atoms with van der Waals surface area (Å²) in [5.74, 6) is 2.16. The Balaban J connectivity index is 1.36. The summed E-state index contributed by atoms with van der Waals surface area (Å²) in [5, 5.41) is 4.39. The van der Waals surface area contributed by atoms with Crippen molar-refractivity contribution in [2.24, 2.45) is 5.92 Å². The Morgan fingerprint density at radius 3 is 2.73 bits per heavy atom. The molecule has 2 fully saturated rings. The monoisotopic (exact) mass is 402 g/mol. The van der Waals surface area contributed by atoms with Gasteiger partial charge in [-0.25, -0.2) is 0 Å². The van der Waals surface area contributed by atoms with Gasteiger partial charge >= 0.3 is 0 Å². The predicted molar refractivity (Wildman–Crippen MR) is 113 cm³/mol. The van der Waals surface area contributed by atoms with Crippen LogP contribution in [0, 0.1) is 12.8 Å². The molecule has 0 bridgehead atoms. The van der Waals surface area contributed by atoms with E-state index in [4.69, 9.17) is 9.51 Å². The average molecular weight is 402 g/mol. The average Bonchev–Trinajstić information content (AvgIpc) is 3.44. The van der Waals surface area contributed by atoms with Gasteiger partial charge in [-0.2, -0.15) is 4.98 Å². The van der Waals surface area contributed by atoms with Crippen molar-refractivity contribution in [1.29, 1.82) is 0 Å². The molecule has 6 nitrogen and oxygen atoms in total. The van der Waals surface area contributed by atoms with E-state index in [1.165, 1.54) is 12.8 Å². The smallest absolute Gasteiger partial charge is 0.259 e. The Hall–Kier alpha value is -3.02. The second kappa shape index (κ2) is 7.67. The van der Waals surface area contributed by atoms with E-state index < -0.39 is 0 Å². The minimum Gasteiger partial charge on any atom is -0.339 e.